The molecule has 138 valence electrons. The summed E-state index contributed by atoms with van der Waals surface area (Å²) in [5.74, 6) is 1.37. The summed E-state index contributed by atoms with van der Waals surface area (Å²) in [4.78, 5) is 22.9. The third kappa shape index (κ3) is 4.34. The van der Waals surface area contributed by atoms with Gasteiger partial charge in [-0.25, -0.2) is 9.97 Å². The maximum Gasteiger partial charge on any atom is 0.258 e. The van der Waals surface area contributed by atoms with Crippen molar-refractivity contribution in [3.8, 4) is 5.75 Å². The Bertz CT molecular complexity index is 908. The van der Waals surface area contributed by atoms with Gasteiger partial charge in [-0.2, -0.15) is 0 Å². The van der Waals surface area contributed by atoms with Gasteiger partial charge in [-0.15, -0.1) is 0 Å². The van der Waals surface area contributed by atoms with Crippen LogP contribution in [0.5, 0.6) is 5.75 Å². The number of nitrogens with one attached hydrogen (secondary N) is 1. The molecule has 1 aromatic heterocycles. The maximum atomic E-state index is 12.2. The van der Waals surface area contributed by atoms with Gasteiger partial charge in [0.25, 0.3) is 5.91 Å². The molecule has 4 rings (SSSR count). The summed E-state index contributed by atoms with van der Waals surface area (Å²) >= 11 is 0. The normalized spacial score (nSPS) is 14.9. The predicted molar refractivity (Wildman–Crippen MR) is 105 cm³/mol. The van der Waals surface area contributed by atoms with Crippen LogP contribution in [0, 0.1) is 0 Å². The minimum atomic E-state index is -0.0856. The zero-order valence-electron chi connectivity index (χ0n) is 15.0. The smallest absolute Gasteiger partial charge is 0.258 e. The van der Waals surface area contributed by atoms with Crippen molar-refractivity contribution in [2.45, 2.75) is 18.9 Å². The average Bonchev–Trinajstić information content (AvgIpc) is 2.73. The molecule has 0 aliphatic carbocycles. The van der Waals surface area contributed by atoms with E-state index in [-0.39, 0.29) is 18.6 Å². The van der Waals surface area contributed by atoms with Crippen LogP contribution in [0.2, 0.25) is 0 Å². The lowest BCUT2D eigenvalue weighted by Crippen LogP contribution is -2.46. The Kier molecular flexibility index (Phi) is 5.14. The molecule has 1 aliphatic heterocycles. The molecular weight excluding hydrogens is 340 g/mol. The van der Waals surface area contributed by atoms with Crippen LogP contribution >= 0.6 is 0 Å². The Morgan fingerprint density at radius 2 is 1.78 bits per heavy atom. The highest BCUT2D eigenvalue weighted by Crippen LogP contribution is 2.20. The number of carbonyl (C=O) groups is 1. The number of hydrogen-bond acceptors (Lipinski definition) is 5. The molecule has 0 saturated carbocycles. The van der Waals surface area contributed by atoms with Crippen molar-refractivity contribution < 1.29 is 9.53 Å². The van der Waals surface area contributed by atoms with Gasteiger partial charge in [-0.3, -0.25) is 4.79 Å². The molecule has 0 unspecified atom stereocenters. The number of piperidine rings is 1. The lowest BCUT2D eigenvalue weighted by Gasteiger charge is -2.32. The van der Waals surface area contributed by atoms with E-state index in [0.29, 0.717) is 5.75 Å². The molecule has 27 heavy (non-hydrogen) atoms. The molecule has 0 atom stereocenters. The van der Waals surface area contributed by atoms with Gasteiger partial charge in [-0.1, -0.05) is 30.3 Å². The number of aromatic nitrogens is 2. The Balaban J connectivity index is 1.25. The summed E-state index contributed by atoms with van der Waals surface area (Å²) in [6, 6.07) is 15.9. The highest BCUT2D eigenvalue weighted by atomic mass is 16.5. The highest BCUT2D eigenvalue weighted by molar-refractivity contribution is 5.84. The van der Waals surface area contributed by atoms with E-state index in [1.54, 1.807) is 12.4 Å². The summed E-state index contributed by atoms with van der Waals surface area (Å²) in [5.41, 5.74) is 0. The number of nitrogens with zero attached hydrogens (tertiary/aromatic N) is 3. The number of anilines is 1. The molecule has 0 spiro atoms. The van der Waals surface area contributed by atoms with Crippen molar-refractivity contribution in [2.24, 2.45) is 0 Å². The summed E-state index contributed by atoms with van der Waals surface area (Å²) in [7, 11) is 0. The first-order valence-corrected chi connectivity index (χ1v) is 9.21. The molecule has 1 saturated heterocycles. The fourth-order valence-electron chi connectivity index (χ4n) is 3.35. The fraction of sp³-hybridized carbons (Fsp3) is 0.286. The third-order valence-electron chi connectivity index (χ3n) is 4.79. The molecule has 1 N–H and O–H groups in total. The van der Waals surface area contributed by atoms with Crippen molar-refractivity contribution in [3.05, 3.63) is 60.9 Å². The van der Waals surface area contributed by atoms with E-state index in [9.17, 15) is 4.79 Å². The van der Waals surface area contributed by atoms with E-state index >= 15 is 0 Å². The number of ether oxygens (including phenoxy) is 1. The second kappa shape index (κ2) is 8.03. The van der Waals surface area contributed by atoms with Gasteiger partial charge in [0, 0.05) is 31.5 Å². The third-order valence-corrected chi connectivity index (χ3v) is 4.79. The number of carbonyl (C=O) groups excluding carboxylic acids is 1. The number of rotatable bonds is 5. The molecule has 1 fully saturated rings. The average molecular weight is 362 g/mol. The van der Waals surface area contributed by atoms with Crippen LogP contribution in [-0.4, -0.2) is 41.6 Å². The van der Waals surface area contributed by atoms with E-state index in [2.05, 4.69) is 26.3 Å². The standard InChI is InChI=1S/C21H22N4O2/c26-20(15-27-19-7-6-16-4-1-2-5-17(16)14-19)24-18-8-12-25(13-9-18)21-22-10-3-11-23-21/h1-7,10-11,14,18H,8-9,12-13,15H2,(H,24,26). The number of benzene rings is 2. The summed E-state index contributed by atoms with van der Waals surface area (Å²) in [6.45, 7) is 1.70. The Hall–Kier alpha value is -3.15. The van der Waals surface area contributed by atoms with E-state index in [1.807, 2.05) is 42.5 Å². The summed E-state index contributed by atoms with van der Waals surface area (Å²) in [6.07, 6.45) is 5.25. The Labute approximate surface area is 158 Å². The lowest BCUT2D eigenvalue weighted by molar-refractivity contribution is -0.123. The highest BCUT2D eigenvalue weighted by Gasteiger charge is 2.22. The molecule has 0 radical (unpaired) electrons. The van der Waals surface area contributed by atoms with Crippen molar-refractivity contribution in [1.82, 2.24) is 15.3 Å². The maximum absolute atomic E-state index is 12.2. The van der Waals surface area contributed by atoms with Crippen LogP contribution in [0.4, 0.5) is 5.95 Å². The monoisotopic (exact) mass is 362 g/mol. The lowest BCUT2D eigenvalue weighted by atomic mass is 10.1. The number of amides is 1. The van der Waals surface area contributed by atoms with Gasteiger partial charge < -0.3 is 15.0 Å². The molecule has 0 bridgehead atoms. The van der Waals surface area contributed by atoms with Crippen LogP contribution in [0.3, 0.4) is 0 Å². The van der Waals surface area contributed by atoms with Crippen molar-refractivity contribution in [3.63, 3.8) is 0 Å². The van der Waals surface area contributed by atoms with Crippen molar-refractivity contribution in [1.29, 1.82) is 0 Å². The zero-order chi connectivity index (χ0) is 18.5. The fourth-order valence-corrected chi connectivity index (χ4v) is 3.35. The molecule has 6 heteroatoms. The van der Waals surface area contributed by atoms with E-state index in [0.717, 1.165) is 42.7 Å². The van der Waals surface area contributed by atoms with Crippen LogP contribution in [0.15, 0.2) is 60.9 Å². The Morgan fingerprint density at radius 3 is 2.56 bits per heavy atom. The van der Waals surface area contributed by atoms with Gasteiger partial charge in [0.2, 0.25) is 5.95 Å². The van der Waals surface area contributed by atoms with Crippen LogP contribution < -0.4 is 15.0 Å². The number of hydrogen-bond donors (Lipinski definition) is 1. The molecule has 2 aromatic carbocycles. The van der Waals surface area contributed by atoms with Crippen LogP contribution in [0.25, 0.3) is 10.8 Å². The van der Waals surface area contributed by atoms with E-state index < -0.39 is 0 Å². The first-order chi connectivity index (χ1) is 13.3. The van der Waals surface area contributed by atoms with Crippen molar-refractivity contribution in [2.75, 3.05) is 24.6 Å². The summed E-state index contributed by atoms with van der Waals surface area (Å²) < 4.78 is 5.67. The molecular formula is C21H22N4O2. The molecule has 2 heterocycles. The topological polar surface area (TPSA) is 67.3 Å². The van der Waals surface area contributed by atoms with Gasteiger partial charge >= 0.3 is 0 Å². The number of fused-ring (bicyclic) bond motifs is 1. The van der Waals surface area contributed by atoms with Gasteiger partial charge in [0.1, 0.15) is 5.75 Å². The molecule has 1 amide bonds. The van der Waals surface area contributed by atoms with Crippen molar-refractivity contribution >= 4 is 22.6 Å². The summed E-state index contributed by atoms with van der Waals surface area (Å²) in [5, 5.41) is 5.33. The van der Waals surface area contributed by atoms with E-state index in [1.165, 1.54) is 0 Å². The van der Waals surface area contributed by atoms with Crippen LogP contribution in [0.1, 0.15) is 12.8 Å². The molecule has 3 aromatic rings. The van der Waals surface area contributed by atoms with Gasteiger partial charge in [0.15, 0.2) is 6.61 Å². The zero-order valence-corrected chi connectivity index (χ0v) is 15.0. The predicted octanol–water partition coefficient (Wildman–Crippen LogP) is 2.79. The first-order valence-electron chi connectivity index (χ1n) is 9.21. The minimum absolute atomic E-state index is 0.0281. The second-order valence-corrected chi connectivity index (χ2v) is 6.68. The van der Waals surface area contributed by atoms with Crippen LogP contribution in [-0.2, 0) is 4.79 Å². The largest absolute Gasteiger partial charge is 0.484 e. The first kappa shape index (κ1) is 17.3. The molecule has 1 aliphatic rings. The second-order valence-electron chi connectivity index (χ2n) is 6.68. The van der Waals surface area contributed by atoms with Gasteiger partial charge in [0.05, 0.1) is 0 Å². The molecule has 6 nitrogen and oxygen atoms in total. The Morgan fingerprint density at radius 1 is 1.04 bits per heavy atom. The minimum Gasteiger partial charge on any atom is -0.484 e. The van der Waals surface area contributed by atoms with E-state index in [4.69, 9.17) is 4.74 Å². The van der Waals surface area contributed by atoms with Gasteiger partial charge in [-0.05, 0) is 41.8 Å². The quantitative estimate of drug-likeness (QED) is 0.756. The SMILES string of the molecule is O=C(COc1ccc2ccccc2c1)NC1CCN(c2ncccn2)CC1.